The van der Waals surface area contributed by atoms with E-state index in [0.29, 0.717) is 5.69 Å². The van der Waals surface area contributed by atoms with Crippen LogP contribution in [0.3, 0.4) is 0 Å². The van der Waals surface area contributed by atoms with E-state index in [0.717, 1.165) is 29.4 Å². The summed E-state index contributed by atoms with van der Waals surface area (Å²) < 4.78 is 0. The molecule has 0 saturated heterocycles. The highest BCUT2D eigenvalue weighted by Gasteiger charge is 2.07. The Morgan fingerprint density at radius 1 is 0.960 bits per heavy atom. The zero-order chi connectivity index (χ0) is 17.5. The van der Waals surface area contributed by atoms with Crippen LogP contribution in [0, 0.1) is 0 Å². The third-order valence-electron chi connectivity index (χ3n) is 3.66. The van der Waals surface area contributed by atoms with E-state index in [1.165, 1.54) is 5.56 Å². The highest BCUT2D eigenvalue weighted by Crippen LogP contribution is 2.13. The summed E-state index contributed by atoms with van der Waals surface area (Å²) in [6.45, 7) is 0.761. The van der Waals surface area contributed by atoms with Gasteiger partial charge in [0.15, 0.2) is 0 Å². The van der Waals surface area contributed by atoms with Crippen LogP contribution in [0.4, 0.5) is 11.4 Å². The van der Waals surface area contributed by atoms with E-state index in [2.05, 4.69) is 15.6 Å². The maximum atomic E-state index is 12.1. The number of rotatable bonds is 6. The normalized spacial score (nSPS) is 10.3. The fourth-order valence-electron chi connectivity index (χ4n) is 2.39. The molecule has 0 unspecified atom stereocenters. The first-order valence-corrected chi connectivity index (χ1v) is 8.39. The molecule has 5 heteroatoms. The van der Waals surface area contributed by atoms with Gasteiger partial charge in [0.2, 0.25) is 0 Å². The summed E-state index contributed by atoms with van der Waals surface area (Å²) in [5.74, 6) is -0.225. The lowest BCUT2D eigenvalue weighted by Crippen LogP contribution is -2.13. The van der Waals surface area contributed by atoms with Gasteiger partial charge in [-0.05, 0) is 48.4 Å². The van der Waals surface area contributed by atoms with Crippen molar-refractivity contribution in [2.24, 2.45) is 0 Å². The molecule has 2 aromatic carbocycles. The average molecular weight is 352 g/mol. The SMILES string of the molecule is O=C(Nc1ccccc1)c1ccc(NCCc2cccc(Cl)c2)cn1. The van der Waals surface area contributed by atoms with E-state index in [-0.39, 0.29) is 5.91 Å². The minimum Gasteiger partial charge on any atom is -0.383 e. The lowest BCUT2D eigenvalue weighted by atomic mass is 10.1. The number of nitrogens with zero attached hydrogens (tertiary/aromatic N) is 1. The van der Waals surface area contributed by atoms with E-state index < -0.39 is 0 Å². The summed E-state index contributed by atoms with van der Waals surface area (Å²) in [7, 11) is 0. The average Bonchev–Trinajstić information content (AvgIpc) is 2.63. The molecule has 0 atom stereocenters. The standard InChI is InChI=1S/C20H18ClN3O/c21-16-6-4-5-15(13-16)11-12-22-18-9-10-19(23-14-18)20(25)24-17-7-2-1-3-8-17/h1-10,13-14,22H,11-12H2,(H,24,25). The molecule has 126 valence electrons. The topological polar surface area (TPSA) is 54.0 Å². The minimum absolute atomic E-state index is 0.225. The number of hydrogen-bond acceptors (Lipinski definition) is 3. The molecule has 0 fully saturated rings. The fourth-order valence-corrected chi connectivity index (χ4v) is 2.61. The van der Waals surface area contributed by atoms with Crippen molar-refractivity contribution in [3.8, 4) is 0 Å². The number of benzene rings is 2. The molecule has 0 bridgehead atoms. The van der Waals surface area contributed by atoms with Gasteiger partial charge in [0.1, 0.15) is 5.69 Å². The van der Waals surface area contributed by atoms with Gasteiger partial charge in [0.05, 0.1) is 11.9 Å². The van der Waals surface area contributed by atoms with Gasteiger partial charge in [-0.2, -0.15) is 0 Å². The van der Waals surface area contributed by atoms with Gasteiger partial charge in [-0.25, -0.2) is 4.98 Å². The highest BCUT2D eigenvalue weighted by atomic mass is 35.5. The molecule has 0 aliphatic rings. The molecular weight excluding hydrogens is 334 g/mol. The molecule has 2 N–H and O–H groups in total. The first kappa shape index (κ1) is 17.0. The second-order valence-corrected chi connectivity index (χ2v) is 6.00. The molecule has 4 nitrogen and oxygen atoms in total. The van der Waals surface area contributed by atoms with Crippen LogP contribution in [0.25, 0.3) is 0 Å². The zero-order valence-corrected chi connectivity index (χ0v) is 14.3. The fraction of sp³-hybridized carbons (Fsp3) is 0.100. The Bertz CT molecular complexity index is 835. The minimum atomic E-state index is -0.225. The van der Waals surface area contributed by atoms with Crippen LogP contribution in [0.2, 0.25) is 5.02 Å². The summed E-state index contributed by atoms with van der Waals surface area (Å²) in [5.41, 5.74) is 3.17. The van der Waals surface area contributed by atoms with Crippen molar-refractivity contribution in [1.82, 2.24) is 4.98 Å². The molecule has 0 aliphatic carbocycles. The monoisotopic (exact) mass is 351 g/mol. The number of pyridine rings is 1. The van der Waals surface area contributed by atoms with Crippen molar-refractivity contribution >= 4 is 28.9 Å². The number of halogens is 1. The maximum Gasteiger partial charge on any atom is 0.274 e. The Morgan fingerprint density at radius 3 is 2.52 bits per heavy atom. The van der Waals surface area contributed by atoms with Crippen LogP contribution in [-0.4, -0.2) is 17.4 Å². The summed E-state index contributed by atoms with van der Waals surface area (Å²) in [6, 6.07) is 20.7. The van der Waals surface area contributed by atoms with Crippen LogP contribution in [0.15, 0.2) is 72.9 Å². The summed E-state index contributed by atoms with van der Waals surface area (Å²) in [5, 5.41) is 6.85. The van der Waals surface area contributed by atoms with Gasteiger partial charge in [-0.3, -0.25) is 4.79 Å². The summed E-state index contributed by atoms with van der Waals surface area (Å²) in [4.78, 5) is 16.4. The lowest BCUT2D eigenvalue weighted by molar-refractivity contribution is 0.102. The highest BCUT2D eigenvalue weighted by molar-refractivity contribution is 6.30. The number of para-hydroxylation sites is 1. The van der Waals surface area contributed by atoms with Crippen molar-refractivity contribution in [3.05, 3.63) is 89.2 Å². The number of carbonyl (C=O) groups is 1. The van der Waals surface area contributed by atoms with Crippen LogP contribution < -0.4 is 10.6 Å². The maximum absolute atomic E-state index is 12.1. The third-order valence-corrected chi connectivity index (χ3v) is 3.89. The van der Waals surface area contributed by atoms with E-state index in [9.17, 15) is 4.79 Å². The van der Waals surface area contributed by atoms with E-state index in [4.69, 9.17) is 11.6 Å². The second kappa shape index (κ2) is 8.31. The first-order valence-electron chi connectivity index (χ1n) is 8.01. The van der Waals surface area contributed by atoms with Crippen LogP contribution in [0.5, 0.6) is 0 Å². The Labute approximate surface area is 151 Å². The van der Waals surface area contributed by atoms with E-state index in [1.807, 2.05) is 60.7 Å². The van der Waals surface area contributed by atoms with Crippen molar-refractivity contribution in [2.75, 3.05) is 17.2 Å². The largest absolute Gasteiger partial charge is 0.383 e. The molecule has 0 spiro atoms. The Hall–Kier alpha value is -2.85. The van der Waals surface area contributed by atoms with Crippen LogP contribution >= 0.6 is 11.6 Å². The number of anilines is 2. The van der Waals surface area contributed by atoms with Gasteiger partial charge in [-0.15, -0.1) is 0 Å². The number of aromatic nitrogens is 1. The van der Waals surface area contributed by atoms with Gasteiger partial charge >= 0.3 is 0 Å². The predicted octanol–water partition coefficient (Wildman–Crippen LogP) is 4.64. The molecule has 1 aromatic heterocycles. The van der Waals surface area contributed by atoms with Crippen molar-refractivity contribution in [1.29, 1.82) is 0 Å². The van der Waals surface area contributed by atoms with E-state index >= 15 is 0 Å². The van der Waals surface area contributed by atoms with Crippen molar-refractivity contribution in [3.63, 3.8) is 0 Å². The number of amides is 1. The number of hydrogen-bond donors (Lipinski definition) is 2. The lowest BCUT2D eigenvalue weighted by Gasteiger charge is -2.08. The quantitative estimate of drug-likeness (QED) is 0.680. The van der Waals surface area contributed by atoms with Gasteiger partial charge in [0, 0.05) is 17.3 Å². The Morgan fingerprint density at radius 2 is 1.80 bits per heavy atom. The van der Waals surface area contributed by atoms with Crippen molar-refractivity contribution < 1.29 is 4.79 Å². The molecule has 0 radical (unpaired) electrons. The predicted molar refractivity (Wildman–Crippen MR) is 102 cm³/mol. The molecule has 3 aromatic rings. The number of nitrogens with one attached hydrogen (secondary N) is 2. The Balaban J connectivity index is 1.52. The number of carbonyl (C=O) groups excluding carboxylic acids is 1. The Kier molecular flexibility index (Phi) is 5.65. The van der Waals surface area contributed by atoms with E-state index in [1.54, 1.807) is 12.3 Å². The van der Waals surface area contributed by atoms with Crippen LogP contribution in [0.1, 0.15) is 16.1 Å². The molecule has 0 saturated carbocycles. The third kappa shape index (κ3) is 5.06. The molecule has 0 aliphatic heterocycles. The smallest absolute Gasteiger partial charge is 0.274 e. The van der Waals surface area contributed by atoms with Gasteiger partial charge in [-0.1, -0.05) is 41.9 Å². The van der Waals surface area contributed by atoms with Crippen LogP contribution in [-0.2, 0) is 6.42 Å². The summed E-state index contributed by atoms with van der Waals surface area (Å²) in [6.07, 6.45) is 2.52. The second-order valence-electron chi connectivity index (χ2n) is 5.56. The zero-order valence-electron chi connectivity index (χ0n) is 13.6. The summed E-state index contributed by atoms with van der Waals surface area (Å²) >= 11 is 5.98. The van der Waals surface area contributed by atoms with Crippen molar-refractivity contribution in [2.45, 2.75) is 6.42 Å². The molecule has 1 amide bonds. The first-order chi connectivity index (χ1) is 12.2. The van der Waals surface area contributed by atoms with Gasteiger partial charge in [0.25, 0.3) is 5.91 Å². The molecule has 25 heavy (non-hydrogen) atoms. The molecule has 1 heterocycles. The van der Waals surface area contributed by atoms with Gasteiger partial charge < -0.3 is 10.6 Å². The molecule has 3 rings (SSSR count). The molecular formula is C20H18ClN3O.